The van der Waals surface area contributed by atoms with Gasteiger partial charge in [0, 0.05) is 16.8 Å². The Bertz CT molecular complexity index is 192. The van der Waals surface area contributed by atoms with Gasteiger partial charge in [-0.2, -0.15) is 0 Å². The molecular weight excluding hydrogens is 264 g/mol. The average molecular weight is 294 g/mol. The van der Waals surface area contributed by atoms with Gasteiger partial charge in [-0.05, 0) is 56.2 Å². The second-order valence-corrected chi connectivity index (χ2v) is 11.9. The first-order valence-corrected chi connectivity index (χ1v) is 11.8. The predicted molar refractivity (Wildman–Crippen MR) is 95.8 cm³/mol. The van der Waals surface area contributed by atoms with Crippen LogP contribution in [0.15, 0.2) is 0 Å². The zero-order chi connectivity index (χ0) is 12.1. The molecule has 0 aliphatic heterocycles. The van der Waals surface area contributed by atoms with Crippen molar-refractivity contribution in [1.82, 2.24) is 0 Å². The molecule has 2 aliphatic carbocycles. The minimum absolute atomic E-state index is 0. The van der Waals surface area contributed by atoms with Crippen molar-refractivity contribution in [3.63, 3.8) is 0 Å². The van der Waals surface area contributed by atoms with Crippen LogP contribution in [0.5, 0.6) is 0 Å². The monoisotopic (exact) mass is 294 g/mol. The Hall–Kier alpha value is 0.990. The molecule has 0 N–H and O–H groups in total. The molecule has 2 atom stereocenters. The summed E-state index contributed by atoms with van der Waals surface area (Å²) in [5, 5.41) is 0. The lowest BCUT2D eigenvalue weighted by molar-refractivity contribution is 0.509. The molecule has 0 amide bonds. The zero-order valence-corrected chi connectivity index (χ0v) is 14.8. The molecule has 4 heteroatoms. The molecule has 0 aromatic rings. The summed E-state index contributed by atoms with van der Waals surface area (Å²) >= 11 is 0. The van der Waals surface area contributed by atoms with Crippen molar-refractivity contribution in [2.75, 3.05) is 19.2 Å². The Morgan fingerprint density at radius 3 is 1.26 bits per heavy atom. The highest BCUT2D eigenvalue weighted by molar-refractivity contribution is 7.74. The van der Waals surface area contributed by atoms with Crippen molar-refractivity contribution < 1.29 is 0 Å². The summed E-state index contributed by atoms with van der Waals surface area (Å²) in [6.45, 7) is 5.24. The van der Waals surface area contributed by atoms with Crippen LogP contribution in [0.25, 0.3) is 0 Å². The van der Waals surface area contributed by atoms with E-state index in [1.54, 1.807) is 31.6 Å². The van der Waals surface area contributed by atoms with Crippen LogP contribution in [0.3, 0.4) is 0 Å². The normalized spacial score (nSPS) is 24.9. The lowest BCUT2D eigenvalue weighted by atomic mass is 10.0. The van der Waals surface area contributed by atoms with Gasteiger partial charge in [-0.15, -0.1) is 15.8 Å². The van der Waals surface area contributed by atoms with Gasteiger partial charge in [0.05, 0.1) is 0 Å². The Morgan fingerprint density at radius 2 is 0.947 bits per heavy atom. The minimum atomic E-state index is 0. The molecule has 0 heterocycles. The maximum atomic E-state index is 2.62. The average Bonchev–Trinajstić information content (AvgIpc) is 2.40. The topological polar surface area (TPSA) is 0 Å². The molecule has 6 radical (unpaired) electrons. The number of hydrogen-bond acceptors (Lipinski definition) is 0. The molecule has 0 spiro atoms. The molecule has 0 unspecified atom stereocenters. The van der Waals surface area contributed by atoms with E-state index in [-0.39, 0.29) is 16.8 Å². The van der Waals surface area contributed by atoms with E-state index >= 15 is 0 Å². The third-order valence-electron chi connectivity index (χ3n) is 4.84. The predicted octanol–water partition coefficient (Wildman–Crippen LogP) is 5.07. The molecule has 0 saturated heterocycles. The van der Waals surface area contributed by atoms with Gasteiger partial charge in [0.1, 0.15) is 0 Å². The maximum Gasteiger partial charge on any atom is 0 e. The molecule has 0 bridgehead atoms. The van der Waals surface area contributed by atoms with E-state index in [9.17, 15) is 0 Å². The van der Waals surface area contributed by atoms with Crippen LogP contribution in [-0.2, 0) is 0 Å². The maximum absolute atomic E-state index is 2.62. The molecule has 0 nitrogen and oxygen atoms in total. The molecule has 19 heavy (non-hydrogen) atoms. The van der Waals surface area contributed by atoms with Gasteiger partial charge in [-0.1, -0.05) is 38.5 Å². The second kappa shape index (κ2) is 10.7. The van der Waals surface area contributed by atoms with Gasteiger partial charge in [-0.3, -0.25) is 0 Å². The van der Waals surface area contributed by atoms with Crippen LogP contribution in [0.2, 0.25) is 0 Å². The van der Waals surface area contributed by atoms with Crippen molar-refractivity contribution in [3.8, 4) is 0 Å². The highest BCUT2D eigenvalue weighted by Gasteiger charge is 2.25. The fourth-order valence-corrected chi connectivity index (χ4v) is 10.8. The van der Waals surface area contributed by atoms with Crippen LogP contribution in [-0.4, -0.2) is 47.4 Å². The Kier molecular flexibility index (Phi) is 11.2. The summed E-state index contributed by atoms with van der Waals surface area (Å²) in [7, 11) is 0.732. The van der Waals surface area contributed by atoms with Gasteiger partial charge in [-0.25, -0.2) is 0 Å². The first kappa shape index (κ1) is 20.0. The fourth-order valence-electron chi connectivity index (χ4n) is 3.63. The van der Waals surface area contributed by atoms with Gasteiger partial charge in [0.25, 0.3) is 0 Å². The van der Waals surface area contributed by atoms with Crippen molar-refractivity contribution in [1.29, 1.82) is 0 Å². The summed E-state index contributed by atoms with van der Waals surface area (Å²) in [5.74, 6) is 1.64. The molecule has 2 saturated carbocycles. The third-order valence-corrected chi connectivity index (χ3v) is 11.9. The van der Waals surface area contributed by atoms with Crippen molar-refractivity contribution in [2.45, 2.75) is 75.5 Å². The first-order chi connectivity index (χ1) is 8.27. The van der Waals surface area contributed by atoms with Crippen LogP contribution in [0.4, 0.5) is 0 Å². The van der Waals surface area contributed by atoms with Gasteiger partial charge in [0.15, 0.2) is 0 Å². The lowest BCUT2D eigenvalue weighted by Gasteiger charge is -2.34. The van der Waals surface area contributed by atoms with Crippen LogP contribution < -0.4 is 0 Å². The molecule has 2 aliphatic rings. The molecule has 106 valence electrons. The minimum Gasteiger partial charge on any atom is -0.102 e. The van der Waals surface area contributed by atoms with E-state index < -0.39 is 0 Å². The van der Waals surface area contributed by atoms with Gasteiger partial charge in [0.2, 0.25) is 0 Å². The van der Waals surface area contributed by atoms with E-state index in [0.717, 1.165) is 11.3 Å². The van der Waals surface area contributed by atoms with E-state index in [2.05, 4.69) is 13.3 Å². The van der Waals surface area contributed by atoms with Gasteiger partial charge >= 0.3 is 0 Å². The summed E-state index contributed by atoms with van der Waals surface area (Å²) in [6, 6.07) is 0. The smallest absolute Gasteiger partial charge is 0 e. The zero-order valence-electron chi connectivity index (χ0n) is 13.0. The molecule has 0 aromatic heterocycles. The molecular formula is C15H30B2P2. The SMILES string of the molecule is C[P@](C[P@](C)C1CCCCC1)C1CCCCC1.[B].[B]. The third kappa shape index (κ3) is 6.52. The first-order valence-electron chi connectivity index (χ1n) is 7.68. The van der Waals surface area contributed by atoms with Crippen molar-refractivity contribution >= 4 is 32.7 Å². The quantitative estimate of drug-likeness (QED) is 0.501. The highest BCUT2D eigenvalue weighted by atomic mass is 31.2. The van der Waals surface area contributed by atoms with Crippen LogP contribution in [0, 0.1) is 0 Å². The summed E-state index contributed by atoms with van der Waals surface area (Å²) < 4.78 is 0. The van der Waals surface area contributed by atoms with Crippen LogP contribution >= 0.6 is 15.8 Å². The van der Waals surface area contributed by atoms with E-state index in [0.29, 0.717) is 15.8 Å². The van der Waals surface area contributed by atoms with E-state index in [1.807, 2.05) is 0 Å². The molecule has 2 rings (SSSR count). The highest BCUT2D eigenvalue weighted by Crippen LogP contribution is 2.57. The van der Waals surface area contributed by atoms with Crippen LogP contribution in [0.1, 0.15) is 64.2 Å². The molecule has 2 fully saturated rings. The molecule has 0 aromatic carbocycles. The number of rotatable bonds is 4. The van der Waals surface area contributed by atoms with Crippen molar-refractivity contribution in [3.05, 3.63) is 0 Å². The Morgan fingerprint density at radius 1 is 0.632 bits per heavy atom. The lowest BCUT2D eigenvalue weighted by Crippen LogP contribution is -2.15. The Labute approximate surface area is 127 Å². The summed E-state index contributed by atoms with van der Waals surface area (Å²) in [6.07, 6.45) is 15.4. The summed E-state index contributed by atoms with van der Waals surface area (Å²) in [5.41, 5.74) is 2.29. The van der Waals surface area contributed by atoms with E-state index in [1.165, 1.54) is 38.5 Å². The summed E-state index contributed by atoms with van der Waals surface area (Å²) in [4.78, 5) is 0. The number of hydrogen-bond donors (Lipinski definition) is 0. The second-order valence-electron chi connectivity index (χ2n) is 6.24. The van der Waals surface area contributed by atoms with Crippen molar-refractivity contribution in [2.24, 2.45) is 0 Å². The largest absolute Gasteiger partial charge is 0.102 e. The fraction of sp³-hybridized carbons (Fsp3) is 1.00. The van der Waals surface area contributed by atoms with E-state index in [4.69, 9.17) is 0 Å². The standard InChI is InChI=1S/C15H30P2.2B/c1-16(14-9-5-3-6-10-14)13-17(2)15-11-7-4-8-12-15;;/h14-15H,3-13H2,1-2H3;;/t16-,17+;;. The van der Waals surface area contributed by atoms with Gasteiger partial charge < -0.3 is 0 Å². The Balaban J connectivity index is 0.00000162.